The normalized spacial score (nSPS) is 11.6. The van der Waals surface area contributed by atoms with Gasteiger partial charge in [-0.3, -0.25) is 9.89 Å². The summed E-state index contributed by atoms with van der Waals surface area (Å²) in [5.74, 6) is -0.00351. The Kier molecular flexibility index (Phi) is 4.05. The van der Waals surface area contributed by atoms with Crippen molar-refractivity contribution in [3.63, 3.8) is 0 Å². The summed E-state index contributed by atoms with van der Waals surface area (Å²) in [6.45, 7) is 1.67. The molecule has 0 unspecified atom stereocenters. The van der Waals surface area contributed by atoms with Gasteiger partial charge in [0.05, 0.1) is 4.90 Å². The van der Waals surface area contributed by atoms with Gasteiger partial charge in [-0.05, 0) is 25.1 Å². The van der Waals surface area contributed by atoms with Crippen LogP contribution in [0.3, 0.4) is 0 Å². The van der Waals surface area contributed by atoms with E-state index in [1.807, 2.05) is 0 Å². The first-order valence-corrected chi connectivity index (χ1v) is 7.47. The summed E-state index contributed by atoms with van der Waals surface area (Å²) in [5, 5.41) is 8.85. The second-order valence-electron chi connectivity index (χ2n) is 4.51. The number of hydrogen-bond acceptors (Lipinski definition) is 5. The summed E-state index contributed by atoms with van der Waals surface area (Å²) < 4.78 is 25.2. The first-order valence-electron chi connectivity index (χ1n) is 6.03. The van der Waals surface area contributed by atoms with Crippen molar-refractivity contribution in [3.05, 3.63) is 35.9 Å². The fourth-order valence-electron chi connectivity index (χ4n) is 1.58. The van der Waals surface area contributed by atoms with Gasteiger partial charge in [0, 0.05) is 19.8 Å². The Labute approximate surface area is 122 Å². The van der Waals surface area contributed by atoms with Gasteiger partial charge < -0.3 is 5.32 Å². The molecule has 1 amide bonds. The molecule has 2 N–H and O–H groups in total. The molecule has 1 aromatic heterocycles. The number of hydrogen-bond donors (Lipinski definition) is 2. The van der Waals surface area contributed by atoms with Crippen LogP contribution in [-0.2, 0) is 10.0 Å². The lowest BCUT2D eigenvalue weighted by molar-refractivity contribution is 0.101. The molecule has 0 radical (unpaired) electrons. The minimum Gasteiger partial charge on any atom is -0.319 e. The molecule has 0 bridgehead atoms. The van der Waals surface area contributed by atoms with Crippen LogP contribution in [0.2, 0.25) is 0 Å². The fourth-order valence-corrected chi connectivity index (χ4v) is 2.52. The molecule has 112 valence electrons. The highest BCUT2D eigenvalue weighted by atomic mass is 32.2. The van der Waals surface area contributed by atoms with E-state index in [-0.39, 0.29) is 10.7 Å². The van der Waals surface area contributed by atoms with Gasteiger partial charge in [0.1, 0.15) is 5.82 Å². The zero-order chi connectivity index (χ0) is 15.6. The number of aryl methyl sites for hydroxylation is 1. The summed E-state index contributed by atoms with van der Waals surface area (Å²) in [7, 11) is -0.668. The number of benzene rings is 1. The Morgan fingerprint density at radius 2 is 2.05 bits per heavy atom. The number of amides is 1. The van der Waals surface area contributed by atoms with Crippen LogP contribution in [0.5, 0.6) is 0 Å². The van der Waals surface area contributed by atoms with Gasteiger partial charge in [0.15, 0.2) is 0 Å². The molecule has 9 heteroatoms. The van der Waals surface area contributed by atoms with Crippen LogP contribution in [0.1, 0.15) is 16.4 Å². The van der Waals surface area contributed by atoms with Crippen molar-refractivity contribution < 1.29 is 13.2 Å². The van der Waals surface area contributed by atoms with Crippen molar-refractivity contribution in [2.24, 2.45) is 0 Å². The highest BCUT2D eigenvalue weighted by molar-refractivity contribution is 7.89. The molecule has 0 aliphatic carbocycles. The lowest BCUT2D eigenvalue weighted by atomic mass is 10.3. The van der Waals surface area contributed by atoms with E-state index in [4.69, 9.17) is 0 Å². The molecule has 0 fully saturated rings. The van der Waals surface area contributed by atoms with Crippen molar-refractivity contribution in [2.45, 2.75) is 11.8 Å². The lowest BCUT2D eigenvalue weighted by Gasteiger charge is -2.12. The molecule has 0 atom stereocenters. The van der Waals surface area contributed by atoms with E-state index in [9.17, 15) is 13.2 Å². The molecule has 21 heavy (non-hydrogen) atoms. The number of rotatable bonds is 4. The number of sulfonamides is 1. The number of carbonyl (C=O) groups is 1. The maximum absolute atomic E-state index is 12.0. The Morgan fingerprint density at radius 1 is 1.33 bits per heavy atom. The van der Waals surface area contributed by atoms with Crippen LogP contribution < -0.4 is 5.32 Å². The minimum absolute atomic E-state index is 0.00614. The van der Waals surface area contributed by atoms with Gasteiger partial charge in [-0.25, -0.2) is 17.7 Å². The standard InChI is InChI=1S/C12H15N5O3S/c1-8-13-11(16-15-8)12(18)14-9-5-4-6-10(7-9)21(19,20)17(2)3/h4-7H,1-3H3,(H,14,18)(H,13,15,16). The molecule has 1 heterocycles. The van der Waals surface area contributed by atoms with Crippen LogP contribution in [-0.4, -0.2) is 47.9 Å². The lowest BCUT2D eigenvalue weighted by Crippen LogP contribution is -2.22. The van der Waals surface area contributed by atoms with Crippen molar-refractivity contribution in [3.8, 4) is 0 Å². The summed E-state index contributed by atoms with van der Waals surface area (Å²) in [5.41, 5.74) is 0.352. The third kappa shape index (κ3) is 3.26. The maximum atomic E-state index is 12.0. The second-order valence-corrected chi connectivity index (χ2v) is 6.67. The zero-order valence-electron chi connectivity index (χ0n) is 11.8. The van der Waals surface area contributed by atoms with Crippen LogP contribution in [0, 0.1) is 6.92 Å². The average molecular weight is 309 g/mol. The summed E-state index contributed by atoms with van der Waals surface area (Å²) in [6, 6.07) is 5.98. The van der Waals surface area contributed by atoms with Gasteiger partial charge in [-0.2, -0.15) is 0 Å². The highest BCUT2D eigenvalue weighted by Gasteiger charge is 2.18. The number of aromatic nitrogens is 3. The van der Waals surface area contributed by atoms with Crippen LogP contribution >= 0.6 is 0 Å². The van der Waals surface area contributed by atoms with Crippen molar-refractivity contribution in [1.29, 1.82) is 0 Å². The van der Waals surface area contributed by atoms with E-state index in [0.717, 1.165) is 4.31 Å². The molecule has 0 aliphatic heterocycles. The fraction of sp³-hybridized carbons (Fsp3) is 0.250. The average Bonchev–Trinajstić information content (AvgIpc) is 2.85. The molecule has 2 aromatic rings. The maximum Gasteiger partial charge on any atom is 0.295 e. The third-order valence-electron chi connectivity index (χ3n) is 2.67. The van der Waals surface area contributed by atoms with E-state index in [1.165, 1.54) is 26.2 Å². The van der Waals surface area contributed by atoms with E-state index >= 15 is 0 Å². The number of nitrogens with zero attached hydrogens (tertiary/aromatic N) is 3. The second kappa shape index (κ2) is 5.62. The molecule has 1 aromatic carbocycles. The van der Waals surface area contributed by atoms with Gasteiger partial charge in [0.25, 0.3) is 5.91 Å². The van der Waals surface area contributed by atoms with Crippen LogP contribution in [0.4, 0.5) is 5.69 Å². The van der Waals surface area contributed by atoms with Crippen LogP contribution in [0.15, 0.2) is 29.2 Å². The Hall–Kier alpha value is -2.26. The molecule has 0 saturated carbocycles. The van der Waals surface area contributed by atoms with E-state index in [2.05, 4.69) is 20.5 Å². The van der Waals surface area contributed by atoms with Crippen molar-refractivity contribution >= 4 is 21.6 Å². The smallest absolute Gasteiger partial charge is 0.295 e. The molecule has 2 rings (SSSR count). The van der Waals surface area contributed by atoms with Gasteiger partial charge >= 0.3 is 0 Å². The van der Waals surface area contributed by atoms with E-state index in [0.29, 0.717) is 11.5 Å². The molecular formula is C12H15N5O3S. The van der Waals surface area contributed by atoms with Gasteiger partial charge in [-0.1, -0.05) is 6.07 Å². The van der Waals surface area contributed by atoms with Gasteiger partial charge in [-0.15, -0.1) is 5.10 Å². The zero-order valence-corrected chi connectivity index (χ0v) is 12.6. The topological polar surface area (TPSA) is 108 Å². The molecule has 8 nitrogen and oxygen atoms in total. The Morgan fingerprint density at radius 3 is 2.62 bits per heavy atom. The number of carbonyl (C=O) groups excluding carboxylic acids is 1. The third-order valence-corrected chi connectivity index (χ3v) is 4.48. The van der Waals surface area contributed by atoms with Crippen LogP contribution in [0.25, 0.3) is 0 Å². The highest BCUT2D eigenvalue weighted by Crippen LogP contribution is 2.18. The molecule has 0 spiro atoms. The first kappa shape index (κ1) is 15.1. The molecule has 0 saturated heterocycles. The van der Waals surface area contributed by atoms with E-state index < -0.39 is 15.9 Å². The largest absolute Gasteiger partial charge is 0.319 e. The quantitative estimate of drug-likeness (QED) is 0.860. The number of nitrogens with one attached hydrogen (secondary N) is 2. The number of H-pyrrole nitrogens is 1. The monoisotopic (exact) mass is 309 g/mol. The number of anilines is 1. The minimum atomic E-state index is -3.55. The predicted molar refractivity (Wildman–Crippen MR) is 76.4 cm³/mol. The van der Waals surface area contributed by atoms with Gasteiger partial charge in [0.2, 0.25) is 15.8 Å². The Bertz CT molecular complexity index is 767. The van der Waals surface area contributed by atoms with Crippen molar-refractivity contribution in [2.75, 3.05) is 19.4 Å². The summed E-state index contributed by atoms with van der Waals surface area (Å²) >= 11 is 0. The summed E-state index contributed by atoms with van der Waals surface area (Å²) in [6.07, 6.45) is 0. The first-order chi connectivity index (χ1) is 9.80. The SMILES string of the molecule is Cc1nc(C(=O)Nc2cccc(S(=O)(=O)N(C)C)c2)n[nH]1. The van der Waals surface area contributed by atoms with E-state index in [1.54, 1.807) is 19.1 Å². The molecule has 0 aliphatic rings. The predicted octanol–water partition coefficient (Wildman–Crippen LogP) is 0.616. The summed E-state index contributed by atoms with van der Waals surface area (Å²) in [4.78, 5) is 15.9. The Balaban J connectivity index is 2.25. The van der Waals surface area contributed by atoms with Crippen molar-refractivity contribution in [1.82, 2.24) is 19.5 Å². The number of aromatic amines is 1. The molecular weight excluding hydrogens is 294 g/mol.